The highest BCUT2D eigenvalue weighted by atomic mass is 35.5. The SMILES string of the molecule is Cc1n[nH]c(=S)n(/N=C\c2ccc(Cl)cc2)c1=O. The topological polar surface area (TPSA) is 63.0 Å². The molecule has 2 aromatic rings. The Hall–Kier alpha value is -1.79. The minimum absolute atomic E-state index is 0.149. The average Bonchev–Trinajstić information content (AvgIpc) is 2.36. The van der Waals surface area contributed by atoms with Crippen LogP contribution in [0.25, 0.3) is 0 Å². The third-order valence-electron chi connectivity index (χ3n) is 2.21. The van der Waals surface area contributed by atoms with Gasteiger partial charge in [0.25, 0.3) is 5.56 Å². The molecule has 1 heterocycles. The van der Waals surface area contributed by atoms with Crippen molar-refractivity contribution in [1.82, 2.24) is 14.9 Å². The van der Waals surface area contributed by atoms with E-state index in [1.165, 1.54) is 6.21 Å². The lowest BCUT2D eigenvalue weighted by Crippen LogP contribution is -2.22. The minimum Gasteiger partial charge on any atom is -0.265 e. The van der Waals surface area contributed by atoms with Crippen molar-refractivity contribution < 1.29 is 0 Å². The lowest BCUT2D eigenvalue weighted by atomic mass is 10.2. The number of aryl methyl sites for hydroxylation is 1. The normalized spacial score (nSPS) is 11.0. The first-order valence-corrected chi connectivity index (χ1v) is 5.85. The Morgan fingerprint density at radius 3 is 2.78 bits per heavy atom. The van der Waals surface area contributed by atoms with Crippen molar-refractivity contribution in [3.8, 4) is 0 Å². The lowest BCUT2D eigenvalue weighted by Gasteiger charge is -1.99. The number of benzene rings is 1. The van der Waals surface area contributed by atoms with Crippen molar-refractivity contribution in [2.24, 2.45) is 5.10 Å². The predicted octanol–water partition coefficient (Wildman–Crippen LogP) is 2.14. The van der Waals surface area contributed by atoms with Crippen LogP contribution < -0.4 is 5.56 Å². The molecule has 92 valence electrons. The van der Waals surface area contributed by atoms with Crippen LogP contribution in [-0.4, -0.2) is 21.1 Å². The van der Waals surface area contributed by atoms with Crippen LogP contribution in [-0.2, 0) is 0 Å². The molecule has 1 aromatic heterocycles. The Morgan fingerprint density at radius 2 is 2.11 bits per heavy atom. The standard InChI is InChI=1S/C11H9ClN4OS/c1-7-10(17)16(11(18)15-14-7)13-6-8-2-4-9(12)5-3-8/h2-6H,1H3,(H,15,18)/b13-6-. The minimum atomic E-state index is -0.344. The number of H-pyrrole nitrogens is 1. The van der Waals surface area contributed by atoms with Crippen LogP contribution in [0.2, 0.25) is 5.02 Å². The van der Waals surface area contributed by atoms with Gasteiger partial charge < -0.3 is 0 Å². The molecule has 0 aliphatic heterocycles. The molecule has 0 bridgehead atoms. The molecule has 0 aliphatic rings. The maximum absolute atomic E-state index is 11.7. The second kappa shape index (κ2) is 5.24. The van der Waals surface area contributed by atoms with Gasteiger partial charge >= 0.3 is 0 Å². The third-order valence-corrected chi connectivity index (χ3v) is 2.72. The summed E-state index contributed by atoms with van der Waals surface area (Å²) in [5, 5.41) is 11.0. The van der Waals surface area contributed by atoms with Crippen LogP contribution in [0.15, 0.2) is 34.2 Å². The molecule has 0 radical (unpaired) electrons. The Labute approximate surface area is 113 Å². The van der Waals surface area contributed by atoms with E-state index in [9.17, 15) is 4.79 Å². The Morgan fingerprint density at radius 1 is 1.44 bits per heavy atom. The van der Waals surface area contributed by atoms with Gasteiger partial charge in [-0.15, -0.1) is 0 Å². The molecule has 0 atom stereocenters. The number of rotatable bonds is 2. The number of nitrogens with zero attached hydrogens (tertiary/aromatic N) is 3. The van der Waals surface area contributed by atoms with E-state index in [0.717, 1.165) is 10.2 Å². The van der Waals surface area contributed by atoms with Gasteiger partial charge in [-0.1, -0.05) is 23.7 Å². The van der Waals surface area contributed by atoms with Gasteiger partial charge in [-0.25, -0.2) is 0 Å². The van der Waals surface area contributed by atoms with E-state index >= 15 is 0 Å². The highest BCUT2D eigenvalue weighted by Crippen LogP contribution is 2.07. The average molecular weight is 281 g/mol. The summed E-state index contributed by atoms with van der Waals surface area (Å²) in [6.45, 7) is 1.59. The third kappa shape index (κ3) is 2.72. The first-order valence-electron chi connectivity index (χ1n) is 5.06. The highest BCUT2D eigenvalue weighted by molar-refractivity contribution is 7.71. The first-order chi connectivity index (χ1) is 8.58. The van der Waals surface area contributed by atoms with E-state index in [4.69, 9.17) is 23.8 Å². The monoisotopic (exact) mass is 280 g/mol. The first kappa shape index (κ1) is 12.7. The van der Waals surface area contributed by atoms with E-state index < -0.39 is 0 Å². The molecule has 18 heavy (non-hydrogen) atoms. The van der Waals surface area contributed by atoms with Gasteiger partial charge in [0.05, 0.1) is 6.21 Å². The summed E-state index contributed by atoms with van der Waals surface area (Å²) in [5.41, 5.74) is 0.774. The van der Waals surface area contributed by atoms with Crippen molar-refractivity contribution >= 4 is 30.0 Å². The maximum Gasteiger partial charge on any atom is 0.296 e. The smallest absolute Gasteiger partial charge is 0.265 e. The number of aromatic nitrogens is 3. The molecular formula is C11H9ClN4OS. The summed E-state index contributed by atoms with van der Waals surface area (Å²) in [5.74, 6) is 0. The van der Waals surface area contributed by atoms with Crippen molar-refractivity contribution in [2.75, 3.05) is 0 Å². The number of aromatic amines is 1. The van der Waals surface area contributed by atoms with Gasteiger partial charge in [0.15, 0.2) is 0 Å². The molecule has 0 unspecified atom stereocenters. The van der Waals surface area contributed by atoms with Gasteiger partial charge in [0.1, 0.15) is 5.69 Å². The molecule has 0 amide bonds. The maximum atomic E-state index is 11.7. The molecule has 1 N–H and O–H groups in total. The lowest BCUT2D eigenvalue weighted by molar-refractivity contribution is 0.720. The highest BCUT2D eigenvalue weighted by Gasteiger charge is 2.00. The molecule has 0 spiro atoms. The van der Waals surface area contributed by atoms with Crippen molar-refractivity contribution in [1.29, 1.82) is 0 Å². The summed E-state index contributed by atoms with van der Waals surface area (Å²) in [6.07, 6.45) is 1.53. The Kier molecular flexibility index (Phi) is 3.69. The van der Waals surface area contributed by atoms with Crippen LogP contribution in [0.4, 0.5) is 0 Å². The zero-order valence-corrected chi connectivity index (χ0v) is 11.0. The second-order valence-corrected chi connectivity index (χ2v) is 4.35. The van der Waals surface area contributed by atoms with Gasteiger partial charge in [0.2, 0.25) is 4.77 Å². The summed E-state index contributed by atoms with van der Waals surface area (Å²) < 4.78 is 1.24. The molecule has 0 aliphatic carbocycles. The van der Waals surface area contributed by atoms with Gasteiger partial charge in [-0.3, -0.25) is 9.89 Å². The summed E-state index contributed by atoms with van der Waals surface area (Å²) in [7, 11) is 0. The van der Waals surface area contributed by atoms with E-state index in [0.29, 0.717) is 10.7 Å². The zero-order valence-electron chi connectivity index (χ0n) is 9.42. The van der Waals surface area contributed by atoms with E-state index in [1.807, 2.05) is 0 Å². The quantitative estimate of drug-likeness (QED) is 0.677. The van der Waals surface area contributed by atoms with Gasteiger partial charge in [-0.2, -0.15) is 14.9 Å². The summed E-state index contributed by atoms with van der Waals surface area (Å²) in [4.78, 5) is 11.7. The van der Waals surface area contributed by atoms with Crippen molar-refractivity contribution in [3.05, 3.63) is 55.7 Å². The fourth-order valence-electron chi connectivity index (χ4n) is 1.25. The molecule has 0 saturated carbocycles. The molecular weight excluding hydrogens is 272 g/mol. The van der Waals surface area contributed by atoms with E-state index in [2.05, 4.69) is 15.3 Å². The predicted molar refractivity (Wildman–Crippen MR) is 72.9 cm³/mol. The second-order valence-electron chi connectivity index (χ2n) is 3.53. The van der Waals surface area contributed by atoms with Crippen LogP contribution in [0.5, 0.6) is 0 Å². The molecule has 5 nitrogen and oxygen atoms in total. The molecule has 1 aromatic carbocycles. The fraction of sp³-hybridized carbons (Fsp3) is 0.0909. The van der Waals surface area contributed by atoms with E-state index in [-0.39, 0.29) is 10.3 Å². The number of hydrogen-bond donors (Lipinski definition) is 1. The molecule has 0 saturated heterocycles. The van der Waals surface area contributed by atoms with Crippen molar-refractivity contribution in [2.45, 2.75) is 6.92 Å². The number of nitrogens with one attached hydrogen (secondary N) is 1. The zero-order chi connectivity index (χ0) is 13.1. The van der Waals surface area contributed by atoms with Gasteiger partial charge in [0, 0.05) is 5.02 Å². The molecule has 7 heteroatoms. The molecule has 0 fully saturated rings. The van der Waals surface area contributed by atoms with E-state index in [1.54, 1.807) is 31.2 Å². The van der Waals surface area contributed by atoms with Crippen LogP contribution in [0.1, 0.15) is 11.3 Å². The van der Waals surface area contributed by atoms with Gasteiger partial charge in [-0.05, 0) is 36.8 Å². The number of hydrogen-bond acceptors (Lipinski definition) is 4. The summed E-state index contributed by atoms with van der Waals surface area (Å²) >= 11 is 10.7. The van der Waals surface area contributed by atoms with Crippen LogP contribution >= 0.6 is 23.8 Å². The van der Waals surface area contributed by atoms with Crippen LogP contribution in [0.3, 0.4) is 0 Å². The Bertz CT molecular complexity index is 702. The fourth-order valence-corrected chi connectivity index (χ4v) is 1.55. The van der Waals surface area contributed by atoms with Crippen molar-refractivity contribution in [3.63, 3.8) is 0 Å². The Balaban J connectivity index is 2.41. The summed E-state index contributed by atoms with van der Waals surface area (Å²) in [6, 6.07) is 7.06. The number of halogens is 1. The van der Waals surface area contributed by atoms with Crippen LogP contribution in [0, 0.1) is 11.7 Å². The largest absolute Gasteiger partial charge is 0.296 e. The molecule has 2 rings (SSSR count).